The van der Waals surface area contributed by atoms with Crippen molar-refractivity contribution in [2.24, 2.45) is 4.99 Å². The SMILES string of the molecule is C=C/C=C\N=C.CC.CC.CC. The minimum absolute atomic E-state index is 1.58. The molecule has 0 aromatic carbocycles. The van der Waals surface area contributed by atoms with Gasteiger partial charge >= 0.3 is 0 Å². The first-order chi connectivity index (χ1) is 5.91. The molecule has 0 aliphatic heterocycles. The average molecular weight is 171 g/mol. The Kier molecular flexibility index (Phi) is 160. The second-order valence-electron chi connectivity index (χ2n) is 0.760. The lowest BCUT2D eigenvalue weighted by Crippen LogP contribution is -1.40. The van der Waals surface area contributed by atoms with Gasteiger partial charge in [-0.15, -0.1) is 0 Å². The molecule has 0 spiro atoms. The van der Waals surface area contributed by atoms with E-state index in [4.69, 9.17) is 0 Å². The fraction of sp³-hybridized carbons (Fsp3) is 0.545. The van der Waals surface area contributed by atoms with E-state index in [0.29, 0.717) is 0 Å². The van der Waals surface area contributed by atoms with Crippen molar-refractivity contribution in [2.45, 2.75) is 41.5 Å². The van der Waals surface area contributed by atoms with Crippen LogP contribution in [0.25, 0.3) is 0 Å². The van der Waals surface area contributed by atoms with E-state index in [2.05, 4.69) is 18.3 Å². The molecule has 1 heteroatoms. The molecule has 0 aliphatic rings. The summed E-state index contributed by atoms with van der Waals surface area (Å²) in [4.78, 5) is 3.42. The third-order valence-electron chi connectivity index (χ3n) is 0.328. The molecule has 0 aromatic heterocycles. The molecule has 0 amide bonds. The monoisotopic (exact) mass is 171 g/mol. The van der Waals surface area contributed by atoms with Gasteiger partial charge in [0, 0.05) is 6.20 Å². The zero-order valence-corrected chi connectivity index (χ0v) is 9.59. The molecule has 0 radical (unpaired) electrons. The average Bonchev–Trinajstić information content (AvgIpc) is 2.24. The minimum atomic E-state index is 1.58. The predicted octanol–water partition coefficient (Wildman–Crippen LogP) is 4.47. The summed E-state index contributed by atoms with van der Waals surface area (Å²) >= 11 is 0. The summed E-state index contributed by atoms with van der Waals surface area (Å²) < 4.78 is 0. The van der Waals surface area contributed by atoms with Crippen molar-refractivity contribution in [2.75, 3.05) is 0 Å². The van der Waals surface area contributed by atoms with Crippen LogP contribution in [0.5, 0.6) is 0 Å². The molecular formula is C11H25N. The predicted molar refractivity (Wildman–Crippen MR) is 62.9 cm³/mol. The highest BCUT2D eigenvalue weighted by Crippen LogP contribution is 1.68. The summed E-state index contributed by atoms with van der Waals surface area (Å²) in [5.41, 5.74) is 0. The topological polar surface area (TPSA) is 12.4 Å². The van der Waals surface area contributed by atoms with Gasteiger partial charge in [-0.2, -0.15) is 0 Å². The highest BCUT2D eigenvalue weighted by Gasteiger charge is 1.47. The first-order valence-corrected chi connectivity index (χ1v) is 4.65. The summed E-state index contributed by atoms with van der Waals surface area (Å²) in [6, 6.07) is 0. The number of nitrogens with zero attached hydrogens (tertiary/aromatic N) is 1. The zero-order valence-electron chi connectivity index (χ0n) is 9.59. The molecule has 0 unspecified atom stereocenters. The lowest BCUT2D eigenvalue weighted by molar-refractivity contribution is 1.50. The van der Waals surface area contributed by atoms with Crippen molar-refractivity contribution < 1.29 is 0 Å². The number of aliphatic imine (C=N–C) groups is 1. The number of rotatable bonds is 2. The normalized spacial score (nSPS) is 5.83. The van der Waals surface area contributed by atoms with Gasteiger partial charge in [0.25, 0.3) is 0 Å². The maximum Gasteiger partial charge on any atom is 0.0260 e. The fourth-order valence-electron chi connectivity index (χ4n) is 0.122. The highest BCUT2D eigenvalue weighted by molar-refractivity contribution is 5.25. The van der Waals surface area contributed by atoms with E-state index >= 15 is 0 Å². The van der Waals surface area contributed by atoms with Crippen molar-refractivity contribution in [1.29, 1.82) is 0 Å². The summed E-state index contributed by atoms with van der Waals surface area (Å²) in [6.07, 6.45) is 4.94. The third kappa shape index (κ3) is 131. The van der Waals surface area contributed by atoms with Crippen LogP contribution in [0, 0.1) is 0 Å². The van der Waals surface area contributed by atoms with Gasteiger partial charge < -0.3 is 0 Å². The van der Waals surface area contributed by atoms with Gasteiger partial charge in [-0.3, -0.25) is 4.99 Å². The van der Waals surface area contributed by atoms with Gasteiger partial charge in [-0.05, 0) is 12.8 Å². The van der Waals surface area contributed by atoms with E-state index < -0.39 is 0 Å². The van der Waals surface area contributed by atoms with E-state index in [1.54, 1.807) is 18.4 Å². The Morgan fingerprint density at radius 1 is 0.917 bits per heavy atom. The quantitative estimate of drug-likeness (QED) is 0.429. The largest absolute Gasteiger partial charge is 0.273 e. The Morgan fingerprint density at radius 3 is 1.33 bits per heavy atom. The Balaban J connectivity index is -0.0000000453. The summed E-state index contributed by atoms with van der Waals surface area (Å²) in [5, 5.41) is 0. The second kappa shape index (κ2) is 85.6. The minimum Gasteiger partial charge on any atom is -0.273 e. The molecule has 0 aliphatic carbocycles. The van der Waals surface area contributed by atoms with E-state index in [1.165, 1.54) is 0 Å². The van der Waals surface area contributed by atoms with Crippen LogP contribution in [-0.4, -0.2) is 6.72 Å². The molecule has 0 saturated heterocycles. The Morgan fingerprint density at radius 2 is 1.25 bits per heavy atom. The van der Waals surface area contributed by atoms with Crippen LogP contribution in [0.3, 0.4) is 0 Å². The number of hydrogen-bond acceptors (Lipinski definition) is 1. The van der Waals surface area contributed by atoms with Crippen molar-refractivity contribution in [1.82, 2.24) is 0 Å². The van der Waals surface area contributed by atoms with Crippen LogP contribution in [0.15, 0.2) is 29.9 Å². The summed E-state index contributed by atoms with van der Waals surface area (Å²) in [6.45, 7) is 18.6. The van der Waals surface area contributed by atoms with E-state index in [1.807, 2.05) is 41.5 Å². The Labute approximate surface area is 78.9 Å². The third-order valence-corrected chi connectivity index (χ3v) is 0.328. The zero-order chi connectivity index (χ0) is 10.8. The van der Waals surface area contributed by atoms with Crippen LogP contribution >= 0.6 is 0 Å². The molecule has 0 aromatic rings. The number of hydrogen-bond donors (Lipinski definition) is 0. The lowest BCUT2D eigenvalue weighted by Gasteiger charge is -1.61. The molecule has 0 N–H and O–H groups in total. The van der Waals surface area contributed by atoms with Gasteiger partial charge in [-0.25, -0.2) is 0 Å². The summed E-state index contributed by atoms with van der Waals surface area (Å²) in [7, 11) is 0. The van der Waals surface area contributed by atoms with Crippen LogP contribution in [0.4, 0.5) is 0 Å². The van der Waals surface area contributed by atoms with E-state index in [0.717, 1.165) is 0 Å². The summed E-state index contributed by atoms with van der Waals surface area (Å²) in [5.74, 6) is 0. The lowest BCUT2D eigenvalue weighted by atomic mass is 10.6. The maximum atomic E-state index is 3.42. The van der Waals surface area contributed by atoms with Gasteiger partial charge in [0.05, 0.1) is 0 Å². The van der Waals surface area contributed by atoms with Gasteiger partial charge in [0.15, 0.2) is 0 Å². The van der Waals surface area contributed by atoms with Crippen molar-refractivity contribution >= 4 is 6.72 Å². The van der Waals surface area contributed by atoms with Crippen LogP contribution in [0.2, 0.25) is 0 Å². The molecule has 0 heterocycles. The smallest absolute Gasteiger partial charge is 0.0260 e. The molecule has 1 nitrogen and oxygen atoms in total. The van der Waals surface area contributed by atoms with Crippen LogP contribution < -0.4 is 0 Å². The first kappa shape index (κ1) is 22.5. The Bertz CT molecular complexity index is 63.1. The molecule has 0 fully saturated rings. The molecule has 74 valence electrons. The fourth-order valence-corrected chi connectivity index (χ4v) is 0.122. The van der Waals surface area contributed by atoms with Crippen molar-refractivity contribution in [3.63, 3.8) is 0 Å². The van der Waals surface area contributed by atoms with Crippen LogP contribution in [0.1, 0.15) is 41.5 Å². The van der Waals surface area contributed by atoms with Gasteiger partial charge in [-0.1, -0.05) is 54.2 Å². The Hall–Kier alpha value is -0.850. The second-order valence-corrected chi connectivity index (χ2v) is 0.760. The van der Waals surface area contributed by atoms with Crippen molar-refractivity contribution in [3.05, 3.63) is 24.9 Å². The molecule has 0 atom stereocenters. The number of allylic oxidation sites excluding steroid dienone is 2. The molecule has 0 saturated carbocycles. The molecule has 12 heavy (non-hydrogen) atoms. The molecule has 0 rings (SSSR count). The van der Waals surface area contributed by atoms with Crippen LogP contribution in [-0.2, 0) is 0 Å². The highest BCUT2D eigenvalue weighted by atomic mass is 14.6. The maximum absolute atomic E-state index is 3.42. The van der Waals surface area contributed by atoms with E-state index in [9.17, 15) is 0 Å². The molecule has 0 bridgehead atoms. The van der Waals surface area contributed by atoms with Crippen molar-refractivity contribution in [3.8, 4) is 0 Å². The standard InChI is InChI=1S/C5H7N.3C2H6/c1-3-4-5-6-2;3*1-2/h3-5H,1-2H2;3*1-2H3/b5-4-;;;. The van der Waals surface area contributed by atoms with E-state index in [-0.39, 0.29) is 0 Å². The van der Waals surface area contributed by atoms with Gasteiger partial charge in [0.1, 0.15) is 0 Å². The first-order valence-electron chi connectivity index (χ1n) is 4.65. The molecular weight excluding hydrogens is 146 g/mol. The van der Waals surface area contributed by atoms with Gasteiger partial charge in [0.2, 0.25) is 0 Å².